The molecule has 1 saturated heterocycles. The van der Waals surface area contributed by atoms with Gasteiger partial charge in [0.15, 0.2) is 5.76 Å². The van der Waals surface area contributed by atoms with Crippen molar-refractivity contribution in [1.29, 1.82) is 0 Å². The highest BCUT2D eigenvalue weighted by atomic mass is 19.1. The van der Waals surface area contributed by atoms with E-state index >= 15 is 0 Å². The zero-order valence-electron chi connectivity index (χ0n) is 12.0. The number of aromatic nitrogens is 1. The van der Waals surface area contributed by atoms with E-state index in [1.54, 1.807) is 12.1 Å². The summed E-state index contributed by atoms with van der Waals surface area (Å²) in [7, 11) is 0. The Morgan fingerprint density at radius 2 is 2.18 bits per heavy atom. The molecular formula is C16H17FN2O3. The highest BCUT2D eigenvalue weighted by Gasteiger charge is 2.26. The third-order valence-electron chi connectivity index (χ3n) is 3.93. The number of carboxylic acid groups (broad SMARTS) is 1. The molecule has 1 N–H and O–H groups in total. The van der Waals surface area contributed by atoms with E-state index in [4.69, 9.17) is 9.63 Å². The molecule has 0 aliphatic carbocycles. The van der Waals surface area contributed by atoms with Crippen LogP contribution >= 0.6 is 0 Å². The number of piperidine rings is 1. The quantitative estimate of drug-likeness (QED) is 0.941. The van der Waals surface area contributed by atoms with E-state index in [0.29, 0.717) is 24.5 Å². The van der Waals surface area contributed by atoms with Gasteiger partial charge in [-0.1, -0.05) is 5.16 Å². The van der Waals surface area contributed by atoms with E-state index in [0.717, 1.165) is 24.9 Å². The summed E-state index contributed by atoms with van der Waals surface area (Å²) in [6.45, 7) is 1.93. The molecule has 0 bridgehead atoms. The molecule has 1 unspecified atom stereocenters. The van der Waals surface area contributed by atoms with Gasteiger partial charge in [-0.15, -0.1) is 0 Å². The Balaban J connectivity index is 1.66. The highest BCUT2D eigenvalue weighted by Crippen LogP contribution is 2.22. The van der Waals surface area contributed by atoms with Crippen molar-refractivity contribution in [1.82, 2.24) is 10.1 Å². The molecule has 116 valence electrons. The van der Waals surface area contributed by atoms with Crippen LogP contribution in [0.5, 0.6) is 0 Å². The summed E-state index contributed by atoms with van der Waals surface area (Å²) in [5.41, 5.74) is 1.44. The molecular weight excluding hydrogens is 287 g/mol. The number of rotatable bonds is 4. The van der Waals surface area contributed by atoms with Gasteiger partial charge in [-0.05, 0) is 43.7 Å². The van der Waals surface area contributed by atoms with Crippen LogP contribution < -0.4 is 0 Å². The monoisotopic (exact) mass is 304 g/mol. The smallest absolute Gasteiger partial charge is 0.307 e. The number of hydrogen-bond acceptors (Lipinski definition) is 4. The van der Waals surface area contributed by atoms with Crippen molar-refractivity contribution in [3.8, 4) is 11.3 Å². The fraction of sp³-hybridized carbons (Fsp3) is 0.375. The number of likely N-dealkylation sites (tertiary alicyclic amines) is 1. The molecule has 1 fully saturated rings. The summed E-state index contributed by atoms with van der Waals surface area (Å²) >= 11 is 0. The molecule has 3 rings (SSSR count). The first-order valence-corrected chi connectivity index (χ1v) is 7.28. The second kappa shape index (κ2) is 6.27. The Labute approximate surface area is 127 Å². The molecule has 2 aromatic rings. The number of benzene rings is 1. The lowest BCUT2D eigenvalue weighted by molar-refractivity contribution is -0.143. The third-order valence-corrected chi connectivity index (χ3v) is 3.93. The van der Waals surface area contributed by atoms with Crippen molar-refractivity contribution >= 4 is 5.97 Å². The Morgan fingerprint density at radius 3 is 2.91 bits per heavy atom. The molecule has 0 radical (unpaired) electrons. The SMILES string of the molecule is O=C(O)C1CCCN(Cc2cc(-c3ccc(F)cc3)no2)C1. The second-order valence-corrected chi connectivity index (χ2v) is 5.60. The lowest BCUT2D eigenvalue weighted by Gasteiger charge is -2.29. The third kappa shape index (κ3) is 3.33. The average molecular weight is 304 g/mol. The van der Waals surface area contributed by atoms with Crippen molar-refractivity contribution < 1.29 is 18.8 Å². The molecule has 2 heterocycles. The van der Waals surface area contributed by atoms with Crippen LogP contribution in [0.15, 0.2) is 34.9 Å². The minimum atomic E-state index is -0.741. The topological polar surface area (TPSA) is 66.6 Å². The van der Waals surface area contributed by atoms with Gasteiger partial charge in [0.25, 0.3) is 0 Å². The molecule has 1 aliphatic rings. The van der Waals surface area contributed by atoms with Crippen LogP contribution in [0.2, 0.25) is 0 Å². The molecule has 1 aromatic heterocycles. The number of nitrogens with zero attached hydrogens (tertiary/aromatic N) is 2. The summed E-state index contributed by atoms with van der Waals surface area (Å²) < 4.78 is 18.2. The molecule has 22 heavy (non-hydrogen) atoms. The first-order chi connectivity index (χ1) is 10.6. The molecule has 0 spiro atoms. The first-order valence-electron chi connectivity index (χ1n) is 7.28. The van der Waals surface area contributed by atoms with Crippen LogP contribution in [-0.4, -0.2) is 34.2 Å². The zero-order valence-corrected chi connectivity index (χ0v) is 12.0. The molecule has 1 atom stereocenters. The number of halogens is 1. The van der Waals surface area contributed by atoms with Gasteiger partial charge in [0.2, 0.25) is 0 Å². The van der Waals surface area contributed by atoms with Crippen LogP contribution in [0.25, 0.3) is 11.3 Å². The number of hydrogen-bond donors (Lipinski definition) is 1. The fourth-order valence-electron chi connectivity index (χ4n) is 2.77. The van der Waals surface area contributed by atoms with Gasteiger partial charge in [0, 0.05) is 18.2 Å². The molecule has 5 nitrogen and oxygen atoms in total. The Hall–Kier alpha value is -2.21. The Kier molecular flexibility index (Phi) is 4.20. The van der Waals surface area contributed by atoms with Gasteiger partial charge in [-0.25, -0.2) is 4.39 Å². The van der Waals surface area contributed by atoms with E-state index in [9.17, 15) is 9.18 Å². The lowest BCUT2D eigenvalue weighted by Crippen LogP contribution is -2.38. The van der Waals surface area contributed by atoms with E-state index in [-0.39, 0.29) is 11.7 Å². The van der Waals surface area contributed by atoms with E-state index in [2.05, 4.69) is 10.1 Å². The summed E-state index contributed by atoms with van der Waals surface area (Å²) in [6, 6.07) is 7.88. The first kappa shape index (κ1) is 14.7. The predicted molar refractivity (Wildman–Crippen MR) is 77.5 cm³/mol. The van der Waals surface area contributed by atoms with Gasteiger partial charge in [0.1, 0.15) is 11.5 Å². The molecule has 6 heteroatoms. The van der Waals surface area contributed by atoms with Gasteiger partial charge >= 0.3 is 5.97 Å². The van der Waals surface area contributed by atoms with Gasteiger partial charge in [-0.3, -0.25) is 9.69 Å². The maximum Gasteiger partial charge on any atom is 0.307 e. The molecule has 0 saturated carbocycles. The number of carbonyl (C=O) groups is 1. The summed E-state index contributed by atoms with van der Waals surface area (Å²) in [6.07, 6.45) is 1.60. The average Bonchev–Trinajstić information content (AvgIpc) is 2.96. The van der Waals surface area contributed by atoms with Gasteiger partial charge in [0.05, 0.1) is 12.5 Å². The van der Waals surface area contributed by atoms with Crippen molar-refractivity contribution in [2.45, 2.75) is 19.4 Å². The summed E-state index contributed by atoms with van der Waals surface area (Å²) in [5, 5.41) is 13.1. The molecule has 1 aromatic carbocycles. The standard InChI is InChI=1S/C16H17FN2O3/c17-13-5-3-11(4-6-13)15-8-14(22-18-15)10-19-7-1-2-12(9-19)16(20)21/h3-6,8,12H,1-2,7,9-10H2,(H,20,21). The van der Waals surface area contributed by atoms with Crippen molar-refractivity contribution in [2.24, 2.45) is 5.92 Å². The Morgan fingerprint density at radius 1 is 1.41 bits per heavy atom. The predicted octanol–water partition coefficient (Wildman–Crippen LogP) is 2.78. The molecule has 0 amide bonds. The van der Waals surface area contributed by atoms with Crippen molar-refractivity contribution in [3.63, 3.8) is 0 Å². The summed E-state index contributed by atoms with van der Waals surface area (Å²) in [5.74, 6) is -0.659. The van der Waals surface area contributed by atoms with Crippen molar-refractivity contribution in [2.75, 3.05) is 13.1 Å². The van der Waals surface area contributed by atoms with E-state index in [1.165, 1.54) is 12.1 Å². The van der Waals surface area contributed by atoms with Crippen LogP contribution in [0.3, 0.4) is 0 Å². The maximum atomic E-state index is 12.9. The largest absolute Gasteiger partial charge is 0.481 e. The van der Waals surface area contributed by atoms with Crippen LogP contribution in [0.1, 0.15) is 18.6 Å². The van der Waals surface area contributed by atoms with Gasteiger partial charge < -0.3 is 9.63 Å². The minimum absolute atomic E-state index is 0.291. The number of aliphatic carboxylic acids is 1. The van der Waals surface area contributed by atoms with Gasteiger partial charge in [-0.2, -0.15) is 0 Å². The summed E-state index contributed by atoms with van der Waals surface area (Å²) in [4.78, 5) is 13.1. The fourth-order valence-corrected chi connectivity index (χ4v) is 2.77. The molecule has 1 aliphatic heterocycles. The second-order valence-electron chi connectivity index (χ2n) is 5.60. The minimum Gasteiger partial charge on any atom is -0.481 e. The van der Waals surface area contributed by atoms with Crippen LogP contribution in [-0.2, 0) is 11.3 Å². The number of carboxylic acids is 1. The zero-order chi connectivity index (χ0) is 15.5. The Bertz CT molecular complexity index is 654. The van der Waals surface area contributed by atoms with Crippen molar-refractivity contribution in [3.05, 3.63) is 41.9 Å². The maximum absolute atomic E-state index is 12.9. The highest BCUT2D eigenvalue weighted by molar-refractivity contribution is 5.70. The lowest BCUT2D eigenvalue weighted by atomic mass is 9.98. The normalized spacial score (nSPS) is 19.2. The van der Waals surface area contributed by atoms with E-state index in [1.807, 2.05) is 6.07 Å². The van der Waals surface area contributed by atoms with E-state index < -0.39 is 5.97 Å². The van der Waals surface area contributed by atoms with Crippen LogP contribution in [0, 0.1) is 11.7 Å². The van der Waals surface area contributed by atoms with Crippen LogP contribution in [0.4, 0.5) is 4.39 Å².